The van der Waals surface area contributed by atoms with Gasteiger partial charge in [-0.05, 0) is 43.5 Å². The van der Waals surface area contributed by atoms with Gasteiger partial charge in [0.1, 0.15) is 0 Å². The summed E-state index contributed by atoms with van der Waals surface area (Å²) in [5.41, 5.74) is 4.01. The van der Waals surface area contributed by atoms with Crippen LogP contribution >= 0.6 is 0 Å². The van der Waals surface area contributed by atoms with Crippen LogP contribution < -0.4 is 16.2 Å². The number of amides is 2. The van der Waals surface area contributed by atoms with E-state index in [1.165, 1.54) is 12.1 Å². The molecule has 176 valence electrons. The molecular weight excluding hydrogens is 436 g/mol. The van der Waals surface area contributed by atoms with Gasteiger partial charge in [0.25, 0.3) is 11.5 Å². The molecule has 2 amide bonds. The molecule has 2 aromatic carbocycles. The zero-order valence-electron chi connectivity index (χ0n) is 19.3. The number of nitrogens with one attached hydrogen (secondary N) is 2. The standard InChI is InChI=1S/C25H26N4O5/c1-16-11-17(2)24(18(3)12-16)27-21(30)13-26-22(31)15-34-25(33)20-9-10-23(32)29(28-20)14-19-7-5-4-6-8-19/h4-12H,13-15H2,1-3H3,(H,26,31)(H,27,30). The lowest BCUT2D eigenvalue weighted by Gasteiger charge is -2.13. The molecule has 2 N–H and O–H groups in total. The van der Waals surface area contributed by atoms with Gasteiger partial charge in [-0.15, -0.1) is 0 Å². The smallest absolute Gasteiger partial charge is 0.359 e. The summed E-state index contributed by atoms with van der Waals surface area (Å²) in [4.78, 5) is 48.6. The maximum absolute atomic E-state index is 12.3. The quantitative estimate of drug-likeness (QED) is 0.495. The second kappa shape index (κ2) is 11.0. The van der Waals surface area contributed by atoms with E-state index in [4.69, 9.17) is 4.74 Å². The van der Waals surface area contributed by atoms with Crippen molar-refractivity contribution in [3.8, 4) is 0 Å². The van der Waals surface area contributed by atoms with Crippen molar-refractivity contribution in [1.82, 2.24) is 15.1 Å². The number of nitrogens with zero attached hydrogens (tertiary/aromatic N) is 2. The van der Waals surface area contributed by atoms with Crippen molar-refractivity contribution in [2.45, 2.75) is 27.3 Å². The summed E-state index contributed by atoms with van der Waals surface area (Å²) >= 11 is 0. The van der Waals surface area contributed by atoms with Gasteiger partial charge in [-0.3, -0.25) is 14.4 Å². The molecule has 0 atom stereocenters. The first-order valence-corrected chi connectivity index (χ1v) is 10.7. The van der Waals surface area contributed by atoms with Crippen molar-refractivity contribution in [2.24, 2.45) is 0 Å². The third-order valence-corrected chi connectivity index (χ3v) is 4.97. The molecule has 0 spiro atoms. The first-order chi connectivity index (χ1) is 16.2. The number of hydrogen-bond acceptors (Lipinski definition) is 6. The van der Waals surface area contributed by atoms with Gasteiger partial charge in [-0.1, -0.05) is 48.0 Å². The molecule has 0 aliphatic rings. The number of esters is 1. The zero-order valence-corrected chi connectivity index (χ0v) is 19.3. The van der Waals surface area contributed by atoms with E-state index < -0.39 is 24.4 Å². The summed E-state index contributed by atoms with van der Waals surface area (Å²) in [6.07, 6.45) is 0. The SMILES string of the molecule is Cc1cc(C)c(NC(=O)CNC(=O)COC(=O)c2ccc(=O)n(Cc3ccccc3)n2)c(C)c1. The monoisotopic (exact) mass is 462 g/mol. The Morgan fingerprint density at radius 3 is 2.29 bits per heavy atom. The summed E-state index contributed by atoms with van der Waals surface area (Å²) in [5, 5.41) is 9.21. The van der Waals surface area contributed by atoms with Crippen LogP contribution in [0.3, 0.4) is 0 Å². The van der Waals surface area contributed by atoms with Crippen LogP contribution in [0.15, 0.2) is 59.4 Å². The molecular formula is C25H26N4O5. The van der Waals surface area contributed by atoms with E-state index in [1.807, 2.05) is 63.2 Å². The number of benzene rings is 2. The number of carbonyl (C=O) groups excluding carboxylic acids is 3. The molecule has 0 fully saturated rings. The molecule has 9 nitrogen and oxygen atoms in total. The predicted molar refractivity (Wildman–Crippen MR) is 127 cm³/mol. The highest BCUT2D eigenvalue weighted by atomic mass is 16.5. The van der Waals surface area contributed by atoms with Gasteiger partial charge in [-0.25, -0.2) is 9.48 Å². The van der Waals surface area contributed by atoms with Crippen LogP contribution in [0.2, 0.25) is 0 Å². The fraction of sp³-hybridized carbons (Fsp3) is 0.240. The van der Waals surface area contributed by atoms with Crippen LogP contribution in [0.25, 0.3) is 0 Å². The number of rotatable bonds is 8. The maximum atomic E-state index is 12.3. The minimum absolute atomic E-state index is 0.105. The number of aryl methyl sites for hydroxylation is 3. The van der Waals surface area contributed by atoms with E-state index in [2.05, 4.69) is 15.7 Å². The van der Waals surface area contributed by atoms with E-state index in [9.17, 15) is 19.2 Å². The first kappa shape index (κ1) is 24.4. The number of carbonyl (C=O) groups is 3. The lowest BCUT2D eigenvalue weighted by Crippen LogP contribution is -2.36. The van der Waals surface area contributed by atoms with E-state index in [1.54, 1.807) is 0 Å². The minimum atomic E-state index is -0.854. The fourth-order valence-corrected chi connectivity index (χ4v) is 3.42. The number of hydrogen-bond donors (Lipinski definition) is 2. The molecule has 3 rings (SSSR count). The predicted octanol–water partition coefficient (Wildman–Crippen LogP) is 2.13. The van der Waals surface area contributed by atoms with Crippen molar-refractivity contribution >= 4 is 23.5 Å². The Bertz CT molecular complexity index is 1240. The average molecular weight is 463 g/mol. The Morgan fingerprint density at radius 2 is 1.62 bits per heavy atom. The lowest BCUT2D eigenvalue weighted by molar-refractivity contribution is -0.126. The van der Waals surface area contributed by atoms with Crippen molar-refractivity contribution in [2.75, 3.05) is 18.5 Å². The Labute approximate surface area is 196 Å². The Balaban J connectivity index is 1.50. The lowest BCUT2D eigenvalue weighted by atomic mass is 10.1. The van der Waals surface area contributed by atoms with E-state index >= 15 is 0 Å². The number of anilines is 1. The molecule has 0 unspecified atom stereocenters. The normalized spacial score (nSPS) is 10.4. The molecule has 0 saturated heterocycles. The molecule has 34 heavy (non-hydrogen) atoms. The van der Waals surface area contributed by atoms with Crippen LogP contribution in [0, 0.1) is 20.8 Å². The largest absolute Gasteiger partial charge is 0.451 e. The van der Waals surface area contributed by atoms with Crippen LogP contribution in [-0.4, -0.2) is 40.7 Å². The summed E-state index contributed by atoms with van der Waals surface area (Å²) in [6, 6.07) is 15.6. The Kier molecular flexibility index (Phi) is 7.92. The van der Waals surface area contributed by atoms with Gasteiger partial charge in [0.2, 0.25) is 5.91 Å². The highest BCUT2D eigenvalue weighted by Gasteiger charge is 2.15. The van der Waals surface area contributed by atoms with Gasteiger partial charge in [0, 0.05) is 11.8 Å². The molecule has 0 aliphatic carbocycles. The molecule has 1 heterocycles. The highest BCUT2D eigenvalue weighted by Crippen LogP contribution is 2.21. The molecule has 0 saturated carbocycles. The number of ether oxygens (including phenoxy) is 1. The Morgan fingerprint density at radius 1 is 0.941 bits per heavy atom. The van der Waals surface area contributed by atoms with Gasteiger partial charge in [0.05, 0.1) is 13.1 Å². The van der Waals surface area contributed by atoms with Gasteiger partial charge in [0.15, 0.2) is 12.3 Å². The van der Waals surface area contributed by atoms with E-state index in [0.717, 1.165) is 26.9 Å². The van der Waals surface area contributed by atoms with E-state index in [-0.39, 0.29) is 24.3 Å². The Hall–Kier alpha value is -4.27. The van der Waals surface area contributed by atoms with Crippen LogP contribution in [-0.2, 0) is 20.9 Å². The van der Waals surface area contributed by atoms with Crippen molar-refractivity contribution in [3.63, 3.8) is 0 Å². The third kappa shape index (κ3) is 6.61. The van der Waals surface area contributed by atoms with Gasteiger partial charge in [-0.2, -0.15) is 5.10 Å². The van der Waals surface area contributed by atoms with Crippen molar-refractivity contribution in [3.05, 3.63) is 92.9 Å². The van der Waals surface area contributed by atoms with Gasteiger partial charge < -0.3 is 15.4 Å². The highest BCUT2D eigenvalue weighted by molar-refractivity contribution is 5.96. The van der Waals surface area contributed by atoms with Crippen LogP contribution in [0.5, 0.6) is 0 Å². The summed E-state index contributed by atoms with van der Waals surface area (Å²) in [5.74, 6) is -1.89. The van der Waals surface area contributed by atoms with E-state index in [0.29, 0.717) is 5.69 Å². The fourth-order valence-electron chi connectivity index (χ4n) is 3.42. The zero-order chi connectivity index (χ0) is 24.7. The molecule has 0 aliphatic heterocycles. The van der Waals surface area contributed by atoms with Crippen molar-refractivity contribution < 1.29 is 19.1 Å². The minimum Gasteiger partial charge on any atom is -0.451 e. The van der Waals surface area contributed by atoms with Gasteiger partial charge >= 0.3 is 5.97 Å². The first-order valence-electron chi connectivity index (χ1n) is 10.7. The molecule has 3 aromatic rings. The van der Waals surface area contributed by atoms with Crippen LogP contribution in [0.4, 0.5) is 5.69 Å². The molecule has 9 heteroatoms. The summed E-state index contributed by atoms with van der Waals surface area (Å²) in [6.45, 7) is 5.09. The third-order valence-electron chi connectivity index (χ3n) is 4.97. The molecule has 0 radical (unpaired) electrons. The second-order valence-corrected chi connectivity index (χ2v) is 7.87. The maximum Gasteiger partial charge on any atom is 0.359 e. The van der Waals surface area contributed by atoms with Crippen LogP contribution in [0.1, 0.15) is 32.7 Å². The molecule has 1 aromatic heterocycles. The summed E-state index contributed by atoms with van der Waals surface area (Å²) < 4.78 is 6.12. The second-order valence-electron chi connectivity index (χ2n) is 7.87. The topological polar surface area (TPSA) is 119 Å². The molecule has 0 bridgehead atoms. The van der Waals surface area contributed by atoms with Crippen molar-refractivity contribution in [1.29, 1.82) is 0 Å². The average Bonchev–Trinajstić information content (AvgIpc) is 2.80. The number of aromatic nitrogens is 2. The summed E-state index contributed by atoms with van der Waals surface area (Å²) in [7, 11) is 0.